The number of amides is 2. The third-order valence-electron chi connectivity index (χ3n) is 2.56. The summed E-state index contributed by atoms with van der Waals surface area (Å²) in [4.78, 5) is 30.6. The number of nitrogens with zero attached hydrogens (tertiary/aromatic N) is 2. The van der Waals surface area contributed by atoms with Gasteiger partial charge in [0.2, 0.25) is 0 Å². The summed E-state index contributed by atoms with van der Waals surface area (Å²) in [7, 11) is 1.56. The minimum atomic E-state index is -0.923. The Morgan fingerprint density at radius 1 is 1.61 bits per heavy atom. The first-order valence-corrected chi connectivity index (χ1v) is 5.77. The van der Waals surface area contributed by atoms with E-state index in [0.717, 1.165) is 0 Å². The van der Waals surface area contributed by atoms with Crippen LogP contribution in [0.1, 0.15) is 31.6 Å². The fourth-order valence-electron chi connectivity index (χ4n) is 1.46. The maximum Gasteiger partial charge on any atom is 0.317 e. The van der Waals surface area contributed by atoms with Crippen molar-refractivity contribution in [2.75, 3.05) is 13.6 Å². The number of urea groups is 1. The van der Waals surface area contributed by atoms with E-state index in [1.165, 1.54) is 4.90 Å². The smallest absolute Gasteiger partial charge is 0.317 e. The zero-order valence-corrected chi connectivity index (χ0v) is 10.5. The van der Waals surface area contributed by atoms with Gasteiger partial charge in [0, 0.05) is 26.0 Å². The molecule has 0 aliphatic rings. The van der Waals surface area contributed by atoms with Crippen LogP contribution in [0.3, 0.4) is 0 Å². The monoisotopic (exact) mass is 254 g/mol. The van der Waals surface area contributed by atoms with Gasteiger partial charge < -0.3 is 20.3 Å². The Balaban J connectivity index is 2.49. The van der Waals surface area contributed by atoms with Crippen molar-refractivity contribution in [2.45, 2.75) is 25.8 Å². The van der Waals surface area contributed by atoms with Gasteiger partial charge in [-0.05, 0) is 6.42 Å². The predicted molar refractivity (Wildman–Crippen MR) is 65.0 cm³/mol. The van der Waals surface area contributed by atoms with E-state index in [0.29, 0.717) is 12.2 Å². The van der Waals surface area contributed by atoms with Crippen LogP contribution in [0.4, 0.5) is 4.79 Å². The topological polar surface area (TPSA) is 98.3 Å². The summed E-state index contributed by atoms with van der Waals surface area (Å²) < 4.78 is 0. The molecular weight excluding hydrogens is 236 g/mol. The maximum absolute atomic E-state index is 11.8. The Bertz CT molecular complexity index is 391. The van der Waals surface area contributed by atoms with Crippen LogP contribution in [-0.2, 0) is 4.79 Å². The lowest BCUT2D eigenvalue weighted by Crippen LogP contribution is -2.40. The van der Waals surface area contributed by atoms with Crippen molar-refractivity contribution in [1.29, 1.82) is 0 Å². The van der Waals surface area contributed by atoms with Crippen LogP contribution in [0.25, 0.3) is 0 Å². The van der Waals surface area contributed by atoms with Crippen molar-refractivity contribution in [2.24, 2.45) is 0 Å². The normalized spacial score (nSPS) is 11.9. The number of carbonyl (C=O) groups is 2. The van der Waals surface area contributed by atoms with Gasteiger partial charge in [-0.15, -0.1) is 0 Å². The van der Waals surface area contributed by atoms with E-state index in [2.05, 4.69) is 15.3 Å². The first kappa shape index (κ1) is 14.0. The Labute approximate surface area is 105 Å². The zero-order valence-electron chi connectivity index (χ0n) is 10.5. The summed E-state index contributed by atoms with van der Waals surface area (Å²) in [6.45, 7) is 2.11. The van der Waals surface area contributed by atoms with E-state index < -0.39 is 5.97 Å². The van der Waals surface area contributed by atoms with Crippen LogP contribution in [-0.4, -0.2) is 45.6 Å². The van der Waals surface area contributed by atoms with Crippen molar-refractivity contribution < 1.29 is 14.7 Å². The number of aromatic nitrogens is 2. The Hall–Kier alpha value is -2.05. The van der Waals surface area contributed by atoms with E-state index >= 15 is 0 Å². The molecule has 1 aromatic rings. The number of hydrogen-bond acceptors (Lipinski definition) is 3. The van der Waals surface area contributed by atoms with Crippen LogP contribution in [0.5, 0.6) is 0 Å². The van der Waals surface area contributed by atoms with Crippen molar-refractivity contribution in [3.05, 3.63) is 18.2 Å². The highest BCUT2D eigenvalue weighted by Crippen LogP contribution is 2.11. The standard InChI is InChI=1S/C11H18N4O3/c1-3-8(10-12-5-6-13-10)14-11(18)15(2)7-4-9(16)17/h5-6,8H,3-4,7H2,1-2H3,(H,12,13)(H,14,18)(H,16,17). The molecule has 2 amide bonds. The van der Waals surface area contributed by atoms with Gasteiger partial charge in [0.1, 0.15) is 5.82 Å². The van der Waals surface area contributed by atoms with Gasteiger partial charge >= 0.3 is 12.0 Å². The van der Waals surface area contributed by atoms with Gasteiger partial charge in [0.15, 0.2) is 0 Å². The average molecular weight is 254 g/mol. The molecule has 0 bridgehead atoms. The zero-order chi connectivity index (χ0) is 13.5. The number of aliphatic carboxylic acids is 1. The van der Waals surface area contributed by atoms with Crippen LogP contribution >= 0.6 is 0 Å². The number of carbonyl (C=O) groups excluding carboxylic acids is 1. The average Bonchev–Trinajstić information content (AvgIpc) is 2.86. The molecule has 0 fully saturated rings. The summed E-state index contributed by atoms with van der Waals surface area (Å²) >= 11 is 0. The molecule has 0 spiro atoms. The Morgan fingerprint density at radius 3 is 2.83 bits per heavy atom. The SMILES string of the molecule is CCC(NC(=O)N(C)CCC(=O)O)c1ncc[nH]1. The van der Waals surface area contributed by atoms with Gasteiger partial charge in [-0.25, -0.2) is 9.78 Å². The molecule has 1 rings (SSSR count). The molecule has 1 unspecified atom stereocenters. The molecule has 100 valence electrons. The number of H-pyrrole nitrogens is 1. The molecule has 0 aromatic carbocycles. The molecule has 18 heavy (non-hydrogen) atoms. The van der Waals surface area contributed by atoms with Crippen LogP contribution in [0.15, 0.2) is 12.4 Å². The third-order valence-corrected chi connectivity index (χ3v) is 2.56. The summed E-state index contributed by atoms with van der Waals surface area (Å²) in [5, 5.41) is 11.3. The molecule has 0 aliphatic heterocycles. The molecule has 0 saturated heterocycles. The molecule has 1 heterocycles. The Kier molecular flexibility index (Phi) is 5.16. The van der Waals surface area contributed by atoms with Crippen LogP contribution in [0.2, 0.25) is 0 Å². The van der Waals surface area contributed by atoms with Gasteiger partial charge in [-0.2, -0.15) is 0 Å². The number of imidazole rings is 1. The van der Waals surface area contributed by atoms with Crippen LogP contribution < -0.4 is 5.32 Å². The Morgan fingerprint density at radius 2 is 2.33 bits per heavy atom. The predicted octanol–water partition coefficient (Wildman–Crippen LogP) is 0.977. The van der Waals surface area contributed by atoms with E-state index in [1.54, 1.807) is 19.4 Å². The van der Waals surface area contributed by atoms with Gasteiger partial charge in [0.05, 0.1) is 12.5 Å². The highest BCUT2D eigenvalue weighted by Gasteiger charge is 2.17. The second-order valence-corrected chi connectivity index (χ2v) is 3.95. The summed E-state index contributed by atoms with van der Waals surface area (Å²) in [6.07, 6.45) is 3.95. The van der Waals surface area contributed by atoms with Gasteiger partial charge in [-0.3, -0.25) is 4.79 Å². The molecule has 1 atom stereocenters. The minimum absolute atomic E-state index is 0.0680. The first-order valence-electron chi connectivity index (χ1n) is 5.77. The number of rotatable bonds is 6. The number of nitrogens with one attached hydrogen (secondary N) is 2. The molecule has 0 saturated carbocycles. The largest absolute Gasteiger partial charge is 0.481 e. The molecule has 3 N–H and O–H groups in total. The number of hydrogen-bond donors (Lipinski definition) is 3. The number of carboxylic acids is 1. The summed E-state index contributed by atoms with van der Waals surface area (Å²) in [5.41, 5.74) is 0. The fourth-order valence-corrected chi connectivity index (χ4v) is 1.46. The van der Waals surface area contributed by atoms with Gasteiger partial charge in [-0.1, -0.05) is 6.92 Å². The molecule has 7 nitrogen and oxygen atoms in total. The number of aromatic amines is 1. The van der Waals surface area contributed by atoms with Crippen LogP contribution in [0, 0.1) is 0 Å². The maximum atomic E-state index is 11.8. The second kappa shape index (κ2) is 6.63. The van der Waals surface area contributed by atoms with E-state index in [1.807, 2.05) is 6.92 Å². The molecule has 0 aliphatic carbocycles. The lowest BCUT2D eigenvalue weighted by Gasteiger charge is -2.21. The van der Waals surface area contributed by atoms with E-state index in [4.69, 9.17) is 5.11 Å². The van der Waals surface area contributed by atoms with Crippen molar-refractivity contribution in [1.82, 2.24) is 20.2 Å². The van der Waals surface area contributed by atoms with E-state index in [9.17, 15) is 9.59 Å². The lowest BCUT2D eigenvalue weighted by molar-refractivity contribution is -0.137. The summed E-state index contributed by atoms with van der Waals surface area (Å²) in [6, 6.07) is -0.501. The fraction of sp³-hybridized carbons (Fsp3) is 0.545. The highest BCUT2D eigenvalue weighted by molar-refractivity contribution is 5.75. The molecular formula is C11H18N4O3. The molecule has 1 aromatic heterocycles. The highest BCUT2D eigenvalue weighted by atomic mass is 16.4. The lowest BCUT2D eigenvalue weighted by atomic mass is 10.2. The van der Waals surface area contributed by atoms with Crippen molar-refractivity contribution >= 4 is 12.0 Å². The third kappa shape index (κ3) is 4.08. The minimum Gasteiger partial charge on any atom is -0.481 e. The molecule has 0 radical (unpaired) electrons. The van der Waals surface area contributed by atoms with Gasteiger partial charge in [0.25, 0.3) is 0 Å². The first-order chi connectivity index (χ1) is 8.54. The van der Waals surface area contributed by atoms with E-state index in [-0.39, 0.29) is 25.0 Å². The van der Waals surface area contributed by atoms with Crippen molar-refractivity contribution in [3.8, 4) is 0 Å². The molecule has 7 heteroatoms. The summed E-state index contributed by atoms with van der Waals surface area (Å²) in [5.74, 6) is -0.231. The second-order valence-electron chi connectivity index (χ2n) is 3.95. The van der Waals surface area contributed by atoms with Crippen molar-refractivity contribution in [3.63, 3.8) is 0 Å². The number of carboxylic acid groups (broad SMARTS) is 1. The quantitative estimate of drug-likeness (QED) is 0.704.